The molecule has 7 heteroatoms. The number of rotatable bonds is 5. The Morgan fingerprint density at radius 2 is 2.17 bits per heavy atom. The molecule has 1 saturated heterocycles. The van der Waals surface area contributed by atoms with Crippen LogP contribution >= 0.6 is 24.0 Å². The maximum atomic E-state index is 5.74. The van der Waals surface area contributed by atoms with Gasteiger partial charge in [0.2, 0.25) is 0 Å². The zero-order valence-corrected chi connectivity index (χ0v) is 16.4. The van der Waals surface area contributed by atoms with Crippen molar-refractivity contribution < 1.29 is 9.47 Å². The highest BCUT2D eigenvalue weighted by molar-refractivity contribution is 14.0. The van der Waals surface area contributed by atoms with Crippen LogP contribution in [0.3, 0.4) is 0 Å². The molecule has 0 radical (unpaired) electrons. The van der Waals surface area contributed by atoms with Crippen molar-refractivity contribution >= 4 is 29.9 Å². The predicted octanol–water partition coefficient (Wildman–Crippen LogP) is 1.31. The van der Waals surface area contributed by atoms with E-state index in [1.54, 1.807) is 14.2 Å². The Morgan fingerprint density at radius 3 is 2.87 bits per heavy atom. The maximum absolute atomic E-state index is 5.74. The van der Waals surface area contributed by atoms with Gasteiger partial charge in [0.15, 0.2) is 5.96 Å². The van der Waals surface area contributed by atoms with Gasteiger partial charge in [-0.2, -0.15) is 0 Å². The van der Waals surface area contributed by atoms with Crippen LogP contribution in [0.15, 0.2) is 29.3 Å². The number of halogens is 1. The quantitative estimate of drug-likeness (QED) is 0.416. The molecule has 1 unspecified atom stereocenters. The SMILES string of the molecule is CN=C(NCc1ccccc1OC)NCC1CN(C)CCO1.I. The van der Waals surface area contributed by atoms with Crippen molar-refractivity contribution in [3.63, 3.8) is 0 Å². The number of likely N-dealkylation sites (N-methyl/N-ethyl adjacent to an activating group) is 1. The van der Waals surface area contributed by atoms with Gasteiger partial charge in [-0.15, -0.1) is 24.0 Å². The fourth-order valence-corrected chi connectivity index (χ4v) is 2.45. The molecule has 2 N–H and O–H groups in total. The summed E-state index contributed by atoms with van der Waals surface area (Å²) in [4.78, 5) is 6.53. The van der Waals surface area contributed by atoms with Gasteiger partial charge < -0.3 is 25.0 Å². The number of nitrogens with zero attached hydrogens (tertiary/aromatic N) is 2. The Hall–Kier alpha value is -1.06. The monoisotopic (exact) mass is 434 g/mol. The van der Waals surface area contributed by atoms with Gasteiger partial charge in [-0.1, -0.05) is 18.2 Å². The minimum Gasteiger partial charge on any atom is -0.496 e. The summed E-state index contributed by atoms with van der Waals surface area (Å²) in [5.74, 6) is 1.64. The summed E-state index contributed by atoms with van der Waals surface area (Å²) in [5, 5.41) is 6.61. The van der Waals surface area contributed by atoms with E-state index in [0.29, 0.717) is 6.54 Å². The molecular weight excluding hydrogens is 407 g/mol. The fraction of sp³-hybridized carbons (Fsp3) is 0.562. The van der Waals surface area contributed by atoms with Gasteiger partial charge in [0, 0.05) is 38.8 Å². The molecule has 1 atom stereocenters. The number of aliphatic imine (C=N–C) groups is 1. The molecule has 1 aromatic carbocycles. The summed E-state index contributed by atoms with van der Waals surface area (Å²) < 4.78 is 11.1. The van der Waals surface area contributed by atoms with Gasteiger partial charge in [-0.3, -0.25) is 4.99 Å². The maximum Gasteiger partial charge on any atom is 0.191 e. The summed E-state index contributed by atoms with van der Waals surface area (Å²) >= 11 is 0. The third-order valence-electron chi connectivity index (χ3n) is 3.70. The summed E-state index contributed by atoms with van der Waals surface area (Å²) in [7, 11) is 5.57. The van der Waals surface area contributed by atoms with Crippen molar-refractivity contribution in [1.29, 1.82) is 0 Å². The Balaban J connectivity index is 0.00000264. The number of guanidine groups is 1. The zero-order valence-electron chi connectivity index (χ0n) is 14.0. The molecule has 0 aromatic heterocycles. The van der Waals surface area contributed by atoms with Gasteiger partial charge in [-0.05, 0) is 13.1 Å². The molecular formula is C16H27IN4O2. The van der Waals surface area contributed by atoms with Gasteiger partial charge >= 0.3 is 0 Å². The van der Waals surface area contributed by atoms with Crippen molar-refractivity contribution in [3.05, 3.63) is 29.8 Å². The van der Waals surface area contributed by atoms with Gasteiger partial charge in [0.1, 0.15) is 5.75 Å². The minimum atomic E-state index is 0. The molecule has 0 saturated carbocycles. The first-order valence-corrected chi connectivity index (χ1v) is 7.59. The molecule has 1 aliphatic heterocycles. The molecule has 1 aliphatic rings. The molecule has 0 amide bonds. The van der Waals surface area contributed by atoms with Crippen LogP contribution in [0.5, 0.6) is 5.75 Å². The Kier molecular flexibility index (Phi) is 9.27. The first-order valence-electron chi connectivity index (χ1n) is 7.59. The summed E-state index contributed by atoms with van der Waals surface area (Å²) in [6.07, 6.45) is 0.198. The van der Waals surface area contributed by atoms with E-state index < -0.39 is 0 Å². The highest BCUT2D eigenvalue weighted by Crippen LogP contribution is 2.16. The molecule has 6 nitrogen and oxygen atoms in total. The van der Waals surface area contributed by atoms with Crippen LogP contribution in [0.2, 0.25) is 0 Å². The number of methoxy groups -OCH3 is 1. The third-order valence-corrected chi connectivity index (χ3v) is 3.70. The van der Waals surface area contributed by atoms with Crippen molar-refractivity contribution in [2.24, 2.45) is 4.99 Å². The standard InChI is InChI=1S/C16H26N4O2.HI/c1-17-16(19-11-14-12-20(2)8-9-22-14)18-10-13-6-4-5-7-15(13)21-3;/h4-7,14H,8-12H2,1-3H3,(H2,17,18,19);1H. The smallest absolute Gasteiger partial charge is 0.191 e. The second-order valence-corrected chi connectivity index (χ2v) is 5.37. The number of para-hydroxylation sites is 1. The molecule has 1 fully saturated rings. The highest BCUT2D eigenvalue weighted by atomic mass is 127. The van der Waals surface area contributed by atoms with E-state index in [0.717, 1.165) is 43.5 Å². The average molecular weight is 434 g/mol. The van der Waals surface area contributed by atoms with Gasteiger partial charge in [-0.25, -0.2) is 0 Å². The number of hydrogen-bond donors (Lipinski definition) is 2. The van der Waals surface area contributed by atoms with Crippen LogP contribution in [0, 0.1) is 0 Å². The minimum absolute atomic E-state index is 0. The molecule has 1 heterocycles. The average Bonchev–Trinajstić information content (AvgIpc) is 2.55. The largest absolute Gasteiger partial charge is 0.496 e. The third kappa shape index (κ3) is 6.52. The lowest BCUT2D eigenvalue weighted by Gasteiger charge is -2.30. The molecule has 130 valence electrons. The van der Waals surface area contributed by atoms with E-state index >= 15 is 0 Å². The van der Waals surface area contributed by atoms with Crippen molar-refractivity contribution in [2.75, 3.05) is 47.4 Å². The molecule has 0 bridgehead atoms. The Bertz CT molecular complexity index is 499. The van der Waals surface area contributed by atoms with Crippen molar-refractivity contribution in [1.82, 2.24) is 15.5 Å². The fourth-order valence-electron chi connectivity index (χ4n) is 2.45. The summed E-state index contributed by atoms with van der Waals surface area (Å²) in [6.45, 7) is 4.13. The lowest BCUT2D eigenvalue weighted by molar-refractivity contribution is -0.0161. The number of hydrogen-bond acceptors (Lipinski definition) is 4. The van der Waals surface area contributed by atoms with Crippen LogP contribution in [0.25, 0.3) is 0 Å². The van der Waals surface area contributed by atoms with E-state index in [1.165, 1.54) is 0 Å². The van der Waals surface area contributed by atoms with E-state index in [-0.39, 0.29) is 30.1 Å². The number of nitrogens with one attached hydrogen (secondary N) is 2. The summed E-state index contributed by atoms with van der Waals surface area (Å²) in [5.41, 5.74) is 1.10. The second kappa shape index (κ2) is 10.7. The lowest BCUT2D eigenvalue weighted by atomic mass is 10.2. The zero-order chi connectivity index (χ0) is 15.8. The normalized spacial score (nSPS) is 18.9. The van der Waals surface area contributed by atoms with Crippen LogP contribution in [0.1, 0.15) is 5.56 Å². The van der Waals surface area contributed by atoms with Gasteiger partial charge in [0.05, 0.1) is 19.8 Å². The highest BCUT2D eigenvalue weighted by Gasteiger charge is 2.17. The second-order valence-electron chi connectivity index (χ2n) is 5.37. The molecule has 1 aromatic rings. The molecule has 0 spiro atoms. The number of benzene rings is 1. The first kappa shape index (κ1) is 20.0. The van der Waals surface area contributed by atoms with E-state index in [9.17, 15) is 0 Å². The van der Waals surface area contributed by atoms with Crippen LogP contribution in [-0.4, -0.2) is 64.4 Å². The Labute approximate surface area is 155 Å². The predicted molar refractivity (Wildman–Crippen MR) is 104 cm³/mol. The van der Waals surface area contributed by atoms with E-state index in [1.807, 2.05) is 24.3 Å². The molecule has 2 rings (SSSR count). The molecule has 23 heavy (non-hydrogen) atoms. The van der Waals surface area contributed by atoms with Crippen molar-refractivity contribution in [2.45, 2.75) is 12.6 Å². The van der Waals surface area contributed by atoms with Gasteiger partial charge in [0.25, 0.3) is 0 Å². The summed E-state index contributed by atoms with van der Waals surface area (Å²) in [6, 6.07) is 7.96. The van der Waals surface area contributed by atoms with Crippen molar-refractivity contribution in [3.8, 4) is 5.75 Å². The van der Waals surface area contributed by atoms with E-state index in [4.69, 9.17) is 9.47 Å². The van der Waals surface area contributed by atoms with Crippen LogP contribution in [-0.2, 0) is 11.3 Å². The molecule has 0 aliphatic carbocycles. The van der Waals surface area contributed by atoms with Crippen LogP contribution in [0.4, 0.5) is 0 Å². The first-order chi connectivity index (χ1) is 10.7. The van der Waals surface area contributed by atoms with Crippen LogP contribution < -0.4 is 15.4 Å². The lowest BCUT2D eigenvalue weighted by Crippen LogP contribution is -2.48. The topological polar surface area (TPSA) is 58.1 Å². The Morgan fingerprint density at radius 1 is 1.39 bits per heavy atom. The van der Waals surface area contributed by atoms with E-state index in [2.05, 4.69) is 27.6 Å². The number of morpholine rings is 1. The number of ether oxygens (including phenoxy) is 2.